The molecule has 11 heteroatoms. The Kier molecular flexibility index (Phi) is 6.54. The van der Waals surface area contributed by atoms with Gasteiger partial charge in [-0.25, -0.2) is 13.4 Å². The van der Waals surface area contributed by atoms with E-state index in [0.717, 1.165) is 6.26 Å². The van der Waals surface area contributed by atoms with Crippen molar-refractivity contribution in [2.24, 2.45) is 0 Å². The van der Waals surface area contributed by atoms with E-state index >= 15 is 0 Å². The number of hydrazine groups is 1. The minimum absolute atomic E-state index is 0.00115. The number of carbonyl (C=O) groups is 2. The number of ether oxygens (including phenoxy) is 1. The number of nitro benzene ring substituents is 1. The summed E-state index contributed by atoms with van der Waals surface area (Å²) >= 11 is 0. The summed E-state index contributed by atoms with van der Waals surface area (Å²) in [5, 5.41) is 13.7. The molecule has 0 atom stereocenters. The number of sulfone groups is 1. The summed E-state index contributed by atoms with van der Waals surface area (Å²) in [5.41, 5.74) is 0.370. The lowest BCUT2D eigenvalue weighted by molar-refractivity contribution is -0.385. The molecule has 1 fully saturated rings. The van der Waals surface area contributed by atoms with Crippen molar-refractivity contribution in [3.05, 3.63) is 64.2 Å². The highest BCUT2D eigenvalue weighted by Gasteiger charge is 2.31. The van der Waals surface area contributed by atoms with E-state index in [1.807, 2.05) is 0 Å². The normalized spacial score (nSPS) is 13.8. The second kappa shape index (κ2) is 9.13. The van der Waals surface area contributed by atoms with Crippen LogP contribution in [0, 0.1) is 10.1 Å². The molecular weight excluding hydrogens is 426 g/mol. The van der Waals surface area contributed by atoms with Gasteiger partial charge in [-0.05, 0) is 30.2 Å². The fourth-order valence-corrected chi connectivity index (χ4v) is 3.83. The van der Waals surface area contributed by atoms with Crippen molar-refractivity contribution in [2.45, 2.75) is 17.7 Å². The van der Waals surface area contributed by atoms with Crippen LogP contribution in [0.3, 0.4) is 0 Å². The Bertz CT molecular complexity index is 1100. The van der Waals surface area contributed by atoms with Crippen molar-refractivity contribution in [1.82, 2.24) is 10.0 Å². The van der Waals surface area contributed by atoms with E-state index in [-0.39, 0.29) is 28.7 Å². The van der Waals surface area contributed by atoms with Crippen molar-refractivity contribution in [3.63, 3.8) is 0 Å². The van der Waals surface area contributed by atoms with Crippen molar-refractivity contribution in [2.75, 3.05) is 26.0 Å². The second-order valence-corrected chi connectivity index (χ2v) is 9.01. The predicted molar refractivity (Wildman–Crippen MR) is 110 cm³/mol. The van der Waals surface area contributed by atoms with Crippen LogP contribution >= 0.6 is 0 Å². The molecule has 0 aromatic heterocycles. The van der Waals surface area contributed by atoms with E-state index in [1.165, 1.54) is 40.3 Å². The van der Waals surface area contributed by atoms with Gasteiger partial charge in [0.1, 0.15) is 0 Å². The summed E-state index contributed by atoms with van der Waals surface area (Å²) in [6, 6.07) is 11.7. The van der Waals surface area contributed by atoms with E-state index in [1.54, 1.807) is 18.2 Å². The largest absolute Gasteiger partial charge is 0.477 e. The summed E-state index contributed by atoms with van der Waals surface area (Å²) in [5.74, 6) is -0.830. The van der Waals surface area contributed by atoms with Crippen molar-refractivity contribution in [1.29, 1.82) is 0 Å². The first-order chi connectivity index (χ1) is 14.7. The first-order valence-electron chi connectivity index (χ1n) is 9.42. The SMILES string of the molecule is CS(=O)(=O)c1ccc(CC(=O)N2CCCN2C(=O)COc2ccccc2[N+](=O)[O-])cc1. The summed E-state index contributed by atoms with van der Waals surface area (Å²) in [4.78, 5) is 35.9. The maximum absolute atomic E-state index is 12.7. The Morgan fingerprint density at radius 1 is 1.03 bits per heavy atom. The number of hydrogen-bond acceptors (Lipinski definition) is 7. The monoisotopic (exact) mass is 447 g/mol. The second-order valence-electron chi connectivity index (χ2n) is 6.99. The number of amides is 2. The molecule has 0 saturated carbocycles. The molecule has 0 radical (unpaired) electrons. The average Bonchev–Trinajstić information content (AvgIpc) is 3.22. The van der Waals surface area contributed by atoms with Crippen LogP contribution in [0.2, 0.25) is 0 Å². The van der Waals surface area contributed by atoms with Crippen LogP contribution < -0.4 is 4.74 Å². The first kappa shape index (κ1) is 22.2. The quantitative estimate of drug-likeness (QED) is 0.466. The lowest BCUT2D eigenvalue weighted by atomic mass is 10.1. The summed E-state index contributed by atoms with van der Waals surface area (Å²) in [6.45, 7) is 0.243. The average molecular weight is 447 g/mol. The maximum Gasteiger partial charge on any atom is 0.310 e. The molecular formula is C20H21N3O7S. The molecule has 0 bridgehead atoms. The molecule has 0 N–H and O–H groups in total. The first-order valence-corrected chi connectivity index (χ1v) is 11.3. The van der Waals surface area contributed by atoms with Crippen LogP contribution in [0.15, 0.2) is 53.4 Å². The lowest BCUT2D eigenvalue weighted by Gasteiger charge is -2.28. The van der Waals surface area contributed by atoms with Crippen LogP contribution in [0.4, 0.5) is 5.69 Å². The van der Waals surface area contributed by atoms with Crippen LogP contribution in [-0.2, 0) is 25.8 Å². The smallest absolute Gasteiger partial charge is 0.310 e. The molecule has 164 valence electrons. The van der Waals surface area contributed by atoms with Gasteiger partial charge in [0.25, 0.3) is 5.91 Å². The van der Waals surface area contributed by atoms with E-state index in [0.29, 0.717) is 25.1 Å². The number of carbonyl (C=O) groups excluding carboxylic acids is 2. The van der Waals surface area contributed by atoms with Crippen molar-refractivity contribution >= 4 is 27.3 Å². The molecule has 31 heavy (non-hydrogen) atoms. The number of nitrogens with zero attached hydrogens (tertiary/aromatic N) is 3. The third-order valence-electron chi connectivity index (χ3n) is 4.73. The molecule has 3 rings (SSSR count). The van der Waals surface area contributed by atoms with Crippen LogP contribution in [-0.4, -0.2) is 61.1 Å². The van der Waals surface area contributed by atoms with Gasteiger partial charge in [0.15, 0.2) is 22.2 Å². The van der Waals surface area contributed by atoms with Crippen LogP contribution in [0.5, 0.6) is 5.75 Å². The van der Waals surface area contributed by atoms with Crippen LogP contribution in [0.25, 0.3) is 0 Å². The van der Waals surface area contributed by atoms with Gasteiger partial charge in [0.05, 0.1) is 16.2 Å². The van der Waals surface area contributed by atoms with Gasteiger partial charge < -0.3 is 4.74 Å². The number of nitro groups is 1. The Morgan fingerprint density at radius 2 is 1.65 bits per heavy atom. The van der Waals surface area contributed by atoms with Crippen LogP contribution in [0.1, 0.15) is 12.0 Å². The molecule has 2 aromatic carbocycles. The Balaban J connectivity index is 1.63. The topological polar surface area (TPSA) is 127 Å². The molecule has 1 saturated heterocycles. The summed E-state index contributed by atoms with van der Waals surface area (Å²) in [6.07, 6.45) is 1.70. The fourth-order valence-electron chi connectivity index (χ4n) is 3.19. The van der Waals surface area contributed by atoms with Gasteiger partial charge in [0.2, 0.25) is 5.91 Å². The maximum atomic E-state index is 12.7. The Labute approximate surface area is 179 Å². The standard InChI is InChI=1S/C20H21N3O7S/c1-31(28,29)16-9-7-15(8-10-16)13-19(24)21-11-4-12-22(21)20(25)14-30-18-6-3-2-5-17(18)23(26)27/h2-3,5-10H,4,11-14H2,1H3. The van der Waals surface area contributed by atoms with E-state index in [4.69, 9.17) is 4.74 Å². The van der Waals surface area contributed by atoms with Crippen molar-refractivity contribution in [3.8, 4) is 5.75 Å². The molecule has 1 aliphatic heterocycles. The van der Waals surface area contributed by atoms with E-state index in [9.17, 15) is 28.1 Å². The molecule has 1 heterocycles. The lowest BCUT2D eigenvalue weighted by Crippen LogP contribution is -2.47. The zero-order chi connectivity index (χ0) is 22.6. The highest BCUT2D eigenvalue weighted by molar-refractivity contribution is 7.90. The molecule has 2 amide bonds. The fraction of sp³-hybridized carbons (Fsp3) is 0.300. The number of para-hydroxylation sites is 2. The Morgan fingerprint density at radius 3 is 2.26 bits per heavy atom. The zero-order valence-electron chi connectivity index (χ0n) is 16.8. The third kappa shape index (κ3) is 5.37. The zero-order valence-corrected chi connectivity index (χ0v) is 17.6. The Hall–Kier alpha value is -3.47. The number of rotatable bonds is 7. The molecule has 10 nitrogen and oxygen atoms in total. The molecule has 2 aromatic rings. The van der Waals surface area contributed by atoms with E-state index < -0.39 is 27.3 Å². The third-order valence-corrected chi connectivity index (χ3v) is 5.86. The predicted octanol–water partition coefficient (Wildman–Crippen LogP) is 1.60. The summed E-state index contributed by atoms with van der Waals surface area (Å²) in [7, 11) is -3.33. The van der Waals surface area contributed by atoms with Gasteiger partial charge in [-0.15, -0.1) is 0 Å². The van der Waals surface area contributed by atoms with Gasteiger partial charge in [0, 0.05) is 25.4 Å². The van der Waals surface area contributed by atoms with Gasteiger partial charge in [-0.2, -0.15) is 0 Å². The number of hydrogen-bond donors (Lipinski definition) is 0. The minimum atomic E-state index is -3.33. The highest BCUT2D eigenvalue weighted by atomic mass is 32.2. The van der Waals surface area contributed by atoms with E-state index in [2.05, 4.69) is 0 Å². The van der Waals surface area contributed by atoms with Gasteiger partial charge >= 0.3 is 5.69 Å². The molecule has 1 aliphatic rings. The molecule has 0 unspecified atom stereocenters. The van der Waals surface area contributed by atoms with Gasteiger partial charge in [-0.3, -0.25) is 24.7 Å². The number of benzene rings is 2. The molecule has 0 spiro atoms. The highest BCUT2D eigenvalue weighted by Crippen LogP contribution is 2.26. The van der Waals surface area contributed by atoms with Crippen molar-refractivity contribution < 1.29 is 27.7 Å². The molecule has 0 aliphatic carbocycles. The van der Waals surface area contributed by atoms with Gasteiger partial charge in [-0.1, -0.05) is 24.3 Å². The summed E-state index contributed by atoms with van der Waals surface area (Å²) < 4.78 is 28.4. The minimum Gasteiger partial charge on any atom is -0.477 e.